The van der Waals surface area contributed by atoms with Crippen LogP contribution in [0.3, 0.4) is 0 Å². The number of nitrogens with zero attached hydrogens (tertiary/aromatic N) is 1. The van der Waals surface area contributed by atoms with Crippen LogP contribution in [0.2, 0.25) is 0 Å². The maximum Gasteiger partial charge on any atom is 0.229 e. The number of hydrogen-bond donors (Lipinski definition) is 1. The summed E-state index contributed by atoms with van der Waals surface area (Å²) in [6.45, 7) is 4.37. The van der Waals surface area contributed by atoms with Crippen molar-refractivity contribution in [3.63, 3.8) is 0 Å². The van der Waals surface area contributed by atoms with Gasteiger partial charge in [-0.2, -0.15) is 0 Å². The van der Waals surface area contributed by atoms with E-state index in [0.29, 0.717) is 23.7 Å². The van der Waals surface area contributed by atoms with E-state index in [4.69, 9.17) is 9.47 Å². The first-order valence-corrected chi connectivity index (χ1v) is 8.84. The molecule has 0 bridgehead atoms. The van der Waals surface area contributed by atoms with Crippen LogP contribution in [-0.2, 0) is 9.59 Å². The van der Waals surface area contributed by atoms with E-state index in [1.165, 1.54) is 0 Å². The average molecular weight is 368 g/mol. The SMILES string of the molecule is COc1ccc(OC)c(NC(=O)[C@H]2CC(=O)N(c3cccc(C)c3C)C2)c1. The highest BCUT2D eigenvalue weighted by Crippen LogP contribution is 2.32. The van der Waals surface area contributed by atoms with Gasteiger partial charge in [0.2, 0.25) is 11.8 Å². The predicted octanol–water partition coefficient (Wildman–Crippen LogP) is 3.31. The second-order valence-corrected chi connectivity index (χ2v) is 6.68. The molecule has 6 nitrogen and oxygen atoms in total. The standard InChI is InChI=1S/C21H24N2O4/c1-13-6-5-7-18(14(13)2)23-12-15(10-20(23)24)21(25)22-17-11-16(26-3)8-9-19(17)27-4/h5-9,11,15H,10,12H2,1-4H3,(H,22,25)/t15-/m0/s1. The summed E-state index contributed by atoms with van der Waals surface area (Å²) >= 11 is 0. The topological polar surface area (TPSA) is 67.9 Å². The second kappa shape index (κ2) is 7.70. The van der Waals surface area contributed by atoms with Crippen molar-refractivity contribution in [2.45, 2.75) is 20.3 Å². The molecule has 0 aliphatic carbocycles. The Morgan fingerprint density at radius 3 is 2.63 bits per heavy atom. The van der Waals surface area contributed by atoms with Crippen molar-refractivity contribution in [2.75, 3.05) is 31.0 Å². The Hall–Kier alpha value is -3.02. The Balaban J connectivity index is 1.78. The first kappa shape index (κ1) is 18.8. The van der Waals surface area contributed by atoms with Crippen molar-refractivity contribution in [2.24, 2.45) is 5.92 Å². The summed E-state index contributed by atoms with van der Waals surface area (Å²) in [5, 5.41) is 2.87. The van der Waals surface area contributed by atoms with Crippen molar-refractivity contribution >= 4 is 23.2 Å². The lowest BCUT2D eigenvalue weighted by Crippen LogP contribution is -2.28. The summed E-state index contributed by atoms with van der Waals surface area (Å²) < 4.78 is 10.5. The maximum absolute atomic E-state index is 12.8. The molecule has 2 aromatic rings. The molecule has 0 spiro atoms. The predicted molar refractivity (Wildman–Crippen MR) is 105 cm³/mol. The zero-order valence-electron chi connectivity index (χ0n) is 16.0. The molecule has 142 valence electrons. The Morgan fingerprint density at radius 2 is 1.93 bits per heavy atom. The van der Waals surface area contributed by atoms with Crippen LogP contribution in [0.1, 0.15) is 17.5 Å². The summed E-state index contributed by atoms with van der Waals surface area (Å²) in [4.78, 5) is 27.0. The van der Waals surface area contributed by atoms with Gasteiger partial charge in [-0.15, -0.1) is 0 Å². The molecule has 6 heteroatoms. The van der Waals surface area contributed by atoms with E-state index in [2.05, 4.69) is 5.32 Å². The molecule has 0 radical (unpaired) electrons. The molecule has 1 fully saturated rings. The maximum atomic E-state index is 12.8. The molecule has 0 saturated carbocycles. The number of carbonyl (C=O) groups is 2. The number of methoxy groups -OCH3 is 2. The van der Waals surface area contributed by atoms with Crippen molar-refractivity contribution in [1.82, 2.24) is 0 Å². The first-order chi connectivity index (χ1) is 12.9. The molecule has 2 amide bonds. The number of amides is 2. The molecule has 1 aliphatic rings. The third-order valence-electron chi connectivity index (χ3n) is 5.03. The van der Waals surface area contributed by atoms with Gasteiger partial charge < -0.3 is 19.7 Å². The number of anilines is 2. The van der Waals surface area contributed by atoms with Crippen LogP contribution in [0, 0.1) is 19.8 Å². The summed E-state index contributed by atoms with van der Waals surface area (Å²) in [5.74, 6) is 0.489. The normalized spacial score (nSPS) is 16.4. The molecule has 2 aromatic carbocycles. The third-order valence-corrected chi connectivity index (χ3v) is 5.03. The van der Waals surface area contributed by atoms with Gasteiger partial charge in [0.15, 0.2) is 0 Å². The van der Waals surface area contributed by atoms with Crippen LogP contribution in [0.4, 0.5) is 11.4 Å². The van der Waals surface area contributed by atoms with Gasteiger partial charge >= 0.3 is 0 Å². The first-order valence-electron chi connectivity index (χ1n) is 8.84. The number of ether oxygens (including phenoxy) is 2. The quantitative estimate of drug-likeness (QED) is 0.879. The fourth-order valence-corrected chi connectivity index (χ4v) is 3.29. The number of carbonyl (C=O) groups excluding carboxylic acids is 2. The molecule has 1 heterocycles. The fourth-order valence-electron chi connectivity index (χ4n) is 3.29. The van der Waals surface area contributed by atoms with E-state index in [0.717, 1.165) is 16.8 Å². The van der Waals surface area contributed by atoms with E-state index < -0.39 is 5.92 Å². The summed E-state index contributed by atoms with van der Waals surface area (Å²) in [5.41, 5.74) is 3.57. The summed E-state index contributed by atoms with van der Waals surface area (Å²) in [6, 6.07) is 11.1. The van der Waals surface area contributed by atoms with Gasteiger partial charge in [0.1, 0.15) is 11.5 Å². The second-order valence-electron chi connectivity index (χ2n) is 6.68. The fraction of sp³-hybridized carbons (Fsp3) is 0.333. The highest BCUT2D eigenvalue weighted by molar-refractivity contribution is 6.04. The van der Waals surface area contributed by atoms with Gasteiger partial charge in [-0.25, -0.2) is 0 Å². The molecule has 27 heavy (non-hydrogen) atoms. The molecular formula is C21H24N2O4. The van der Waals surface area contributed by atoms with Crippen molar-refractivity contribution in [3.05, 3.63) is 47.5 Å². The van der Waals surface area contributed by atoms with Crippen molar-refractivity contribution < 1.29 is 19.1 Å². The monoisotopic (exact) mass is 368 g/mol. The van der Waals surface area contributed by atoms with Gasteiger partial charge in [0, 0.05) is 24.7 Å². The van der Waals surface area contributed by atoms with Crippen LogP contribution in [0.25, 0.3) is 0 Å². The molecule has 1 atom stereocenters. The molecule has 1 N–H and O–H groups in total. The Morgan fingerprint density at radius 1 is 1.15 bits per heavy atom. The number of nitrogens with one attached hydrogen (secondary N) is 1. The molecule has 0 unspecified atom stereocenters. The van der Waals surface area contributed by atoms with E-state index in [1.807, 2.05) is 32.0 Å². The lowest BCUT2D eigenvalue weighted by molar-refractivity contribution is -0.122. The van der Waals surface area contributed by atoms with Crippen molar-refractivity contribution in [3.8, 4) is 11.5 Å². The number of aryl methyl sites for hydroxylation is 1. The Bertz CT molecular complexity index is 878. The smallest absolute Gasteiger partial charge is 0.229 e. The summed E-state index contributed by atoms with van der Waals surface area (Å²) in [6.07, 6.45) is 0.186. The van der Waals surface area contributed by atoms with Crippen LogP contribution in [0.5, 0.6) is 11.5 Å². The number of benzene rings is 2. The zero-order chi connectivity index (χ0) is 19.6. The van der Waals surface area contributed by atoms with E-state index >= 15 is 0 Å². The zero-order valence-corrected chi connectivity index (χ0v) is 16.0. The van der Waals surface area contributed by atoms with Crippen LogP contribution in [-0.4, -0.2) is 32.6 Å². The minimum atomic E-state index is -0.423. The summed E-state index contributed by atoms with van der Waals surface area (Å²) in [7, 11) is 3.10. The number of rotatable bonds is 5. The minimum absolute atomic E-state index is 0.0403. The van der Waals surface area contributed by atoms with Crippen LogP contribution < -0.4 is 19.7 Å². The van der Waals surface area contributed by atoms with Crippen LogP contribution >= 0.6 is 0 Å². The average Bonchev–Trinajstić information content (AvgIpc) is 3.05. The molecular weight excluding hydrogens is 344 g/mol. The van der Waals surface area contributed by atoms with Gasteiger partial charge in [-0.1, -0.05) is 12.1 Å². The largest absolute Gasteiger partial charge is 0.497 e. The number of hydrogen-bond acceptors (Lipinski definition) is 4. The molecule has 3 rings (SSSR count). The Kier molecular flexibility index (Phi) is 5.35. The highest BCUT2D eigenvalue weighted by Gasteiger charge is 2.36. The van der Waals surface area contributed by atoms with E-state index in [9.17, 15) is 9.59 Å². The van der Waals surface area contributed by atoms with Gasteiger partial charge in [0.25, 0.3) is 0 Å². The molecule has 1 saturated heterocycles. The lowest BCUT2D eigenvalue weighted by atomic mass is 10.1. The van der Waals surface area contributed by atoms with Crippen LogP contribution in [0.15, 0.2) is 36.4 Å². The molecule has 1 aliphatic heterocycles. The van der Waals surface area contributed by atoms with Crippen molar-refractivity contribution in [1.29, 1.82) is 0 Å². The van der Waals surface area contributed by atoms with E-state index in [1.54, 1.807) is 37.3 Å². The van der Waals surface area contributed by atoms with Gasteiger partial charge in [-0.05, 0) is 43.2 Å². The Labute approximate surface area is 159 Å². The minimum Gasteiger partial charge on any atom is -0.497 e. The third kappa shape index (κ3) is 3.74. The lowest BCUT2D eigenvalue weighted by Gasteiger charge is -2.20. The molecule has 0 aromatic heterocycles. The highest BCUT2D eigenvalue weighted by atomic mass is 16.5. The van der Waals surface area contributed by atoms with E-state index in [-0.39, 0.29) is 18.2 Å². The van der Waals surface area contributed by atoms with Gasteiger partial charge in [-0.3, -0.25) is 9.59 Å². The van der Waals surface area contributed by atoms with Gasteiger partial charge in [0.05, 0.1) is 25.8 Å².